The lowest BCUT2D eigenvalue weighted by Crippen LogP contribution is -2.26. The van der Waals surface area contributed by atoms with Crippen LogP contribution >= 0.6 is 11.8 Å². The molecule has 2 N–H and O–H groups in total. The average Bonchev–Trinajstić information content (AvgIpc) is 2.85. The highest BCUT2D eigenvalue weighted by Crippen LogP contribution is 2.34. The van der Waals surface area contributed by atoms with Gasteiger partial charge in [0.05, 0.1) is 24.8 Å². The molecule has 2 aromatic rings. The molecule has 0 saturated carbocycles. The SMILES string of the molecule is COc1ccc(CCNS(=O)(=O)c2ccc3c(c2)NC(=O)[C@@H](C)CS3)cc1OC. The minimum atomic E-state index is -3.70. The molecule has 0 spiro atoms. The minimum Gasteiger partial charge on any atom is -0.493 e. The first-order valence-electron chi connectivity index (χ1n) is 9.12. The molecule has 0 bridgehead atoms. The number of hydrogen-bond acceptors (Lipinski definition) is 6. The molecule has 1 heterocycles. The Kier molecular flexibility index (Phi) is 6.71. The van der Waals surface area contributed by atoms with Crippen molar-refractivity contribution in [1.29, 1.82) is 0 Å². The van der Waals surface area contributed by atoms with E-state index in [1.807, 2.05) is 19.1 Å². The van der Waals surface area contributed by atoms with Gasteiger partial charge in [-0.25, -0.2) is 13.1 Å². The summed E-state index contributed by atoms with van der Waals surface area (Å²) in [7, 11) is -0.583. The van der Waals surface area contributed by atoms with E-state index in [-0.39, 0.29) is 23.3 Å². The summed E-state index contributed by atoms with van der Waals surface area (Å²) in [5, 5.41) is 2.81. The number of carbonyl (C=O) groups excluding carboxylic acids is 1. The van der Waals surface area contributed by atoms with Crippen LogP contribution in [-0.4, -0.2) is 40.8 Å². The number of carbonyl (C=O) groups is 1. The van der Waals surface area contributed by atoms with Gasteiger partial charge in [-0.1, -0.05) is 13.0 Å². The Morgan fingerprint density at radius 3 is 2.62 bits per heavy atom. The zero-order chi connectivity index (χ0) is 21.0. The lowest BCUT2D eigenvalue weighted by Gasteiger charge is -2.12. The second kappa shape index (κ2) is 9.06. The van der Waals surface area contributed by atoms with Crippen molar-refractivity contribution in [2.24, 2.45) is 5.92 Å². The predicted octanol–water partition coefficient (Wildman–Crippen LogP) is 2.91. The fourth-order valence-corrected chi connectivity index (χ4v) is 4.96. The van der Waals surface area contributed by atoms with Crippen LogP contribution < -0.4 is 19.5 Å². The highest BCUT2D eigenvalue weighted by atomic mass is 32.2. The molecule has 0 saturated heterocycles. The molecule has 1 amide bonds. The zero-order valence-corrected chi connectivity index (χ0v) is 18.2. The Morgan fingerprint density at radius 2 is 1.90 bits per heavy atom. The van der Waals surface area contributed by atoms with Crippen LogP contribution in [0.15, 0.2) is 46.2 Å². The maximum absolute atomic E-state index is 12.7. The average molecular weight is 437 g/mol. The second-order valence-corrected chi connectivity index (χ2v) is 9.53. The third kappa shape index (κ3) is 5.04. The summed E-state index contributed by atoms with van der Waals surface area (Å²) in [6, 6.07) is 10.3. The van der Waals surface area contributed by atoms with Crippen LogP contribution in [0.2, 0.25) is 0 Å². The van der Waals surface area contributed by atoms with E-state index < -0.39 is 10.0 Å². The summed E-state index contributed by atoms with van der Waals surface area (Å²) in [5.74, 6) is 1.64. The summed E-state index contributed by atoms with van der Waals surface area (Å²) < 4.78 is 38.5. The summed E-state index contributed by atoms with van der Waals surface area (Å²) in [5.41, 5.74) is 1.46. The van der Waals surface area contributed by atoms with Gasteiger partial charge in [-0.3, -0.25) is 4.79 Å². The number of amides is 1. The number of nitrogens with one attached hydrogen (secondary N) is 2. The van der Waals surface area contributed by atoms with Crippen LogP contribution in [0.4, 0.5) is 5.69 Å². The molecule has 0 unspecified atom stereocenters. The third-order valence-corrected chi connectivity index (χ3v) is 7.40. The van der Waals surface area contributed by atoms with Crippen molar-refractivity contribution in [2.75, 3.05) is 31.8 Å². The number of anilines is 1. The summed E-state index contributed by atoms with van der Waals surface area (Å²) in [6.45, 7) is 2.08. The quantitative estimate of drug-likeness (QED) is 0.693. The summed E-state index contributed by atoms with van der Waals surface area (Å²) in [6.07, 6.45) is 0.495. The van der Waals surface area contributed by atoms with E-state index in [0.717, 1.165) is 10.5 Å². The Morgan fingerprint density at radius 1 is 1.14 bits per heavy atom. The molecule has 0 radical (unpaired) electrons. The van der Waals surface area contributed by atoms with Gasteiger partial charge in [0.1, 0.15) is 0 Å². The van der Waals surface area contributed by atoms with E-state index in [2.05, 4.69) is 10.0 Å². The smallest absolute Gasteiger partial charge is 0.240 e. The van der Waals surface area contributed by atoms with Crippen molar-refractivity contribution < 1.29 is 22.7 Å². The van der Waals surface area contributed by atoms with Gasteiger partial charge in [0.25, 0.3) is 0 Å². The first-order valence-corrected chi connectivity index (χ1v) is 11.6. The van der Waals surface area contributed by atoms with E-state index in [1.165, 1.54) is 6.07 Å². The number of thioether (sulfide) groups is 1. The molecular weight excluding hydrogens is 412 g/mol. The van der Waals surface area contributed by atoms with Crippen molar-refractivity contribution in [2.45, 2.75) is 23.1 Å². The molecule has 7 nitrogen and oxygen atoms in total. The molecule has 156 valence electrons. The zero-order valence-electron chi connectivity index (χ0n) is 16.5. The largest absolute Gasteiger partial charge is 0.493 e. The van der Waals surface area contributed by atoms with Gasteiger partial charge in [-0.05, 0) is 42.3 Å². The number of rotatable bonds is 7. The van der Waals surface area contributed by atoms with Gasteiger partial charge >= 0.3 is 0 Å². The molecule has 1 aliphatic heterocycles. The molecule has 0 aliphatic carbocycles. The second-order valence-electron chi connectivity index (χ2n) is 6.70. The normalized spacial score (nSPS) is 16.5. The maximum atomic E-state index is 12.7. The highest BCUT2D eigenvalue weighted by molar-refractivity contribution is 7.99. The Hall–Kier alpha value is -2.23. The number of methoxy groups -OCH3 is 2. The van der Waals surface area contributed by atoms with Gasteiger partial charge in [0.15, 0.2) is 11.5 Å². The van der Waals surface area contributed by atoms with E-state index in [9.17, 15) is 13.2 Å². The maximum Gasteiger partial charge on any atom is 0.240 e. The molecule has 0 aromatic heterocycles. The number of sulfonamides is 1. The molecular formula is C20H24N2O5S2. The van der Waals surface area contributed by atoms with Crippen molar-refractivity contribution in [3.63, 3.8) is 0 Å². The Balaban J connectivity index is 1.69. The number of ether oxygens (including phenoxy) is 2. The Labute approximate surface area is 175 Å². The van der Waals surface area contributed by atoms with Crippen LogP contribution in [0.25, 0.3) is 0 Å². The highest BCUT2D eigenvalue weighted by Gasteiger charge is 2.22. The molecule has 1 aliphatic rings. The van der Waals surface area contributed by atoms with E-state index >= 15 is 0 Å². The van der Waals surface area contributed by atoms with E-state index in [1.54, 1.807) is 44.2 Å². The first-order chi connectivity index (χ1) is 13.8. The van der Waals surface area contributed by atoms with E-state index in [4.69, 9.17) is 9.47 Å². The van der Waals surface area contributed by atoms with Gasteiger partial charge < -0.3 is 14.8 Å². The lowest BCUT2D eigenvalue weighted by molar-refractivity contribution is -0.118. The topological polar surface area (TPSA) is 93.7 Å². The van der Waals surface area contributed by atoms with E-state index in [0.29, 0.717) is 29.4 Å². The molecule has 1 atom stereocenters. The fourth-order valence-electron chi connectivity index (χ4n) is 2.90. The molecule has 0 fully saturated rings. The molecule has 29 heavy (non-hydrogen) atoms. The monoisotopic (exact) mass is 436 g/mol. The fraction of sp³-hybridized carbons (Fsp3) is 0.350. The Bertz CT molecular complexity index is 1010. The van der Waals surface area contributed by atoms with Gasteiger partial charge in [0.2, 0.25) is 15.9 Å². The molecule has 9 heteroatoms. The van der Waals surface area contributed by atoms with Crippen molar-refractivity contribution in [3.05, 3.63) is 42.0 Å². The number of benzene rings is 2. The van der Waals surface area contributed by atoms with Crippen LogP contribution in [-0.2, 0) is 21.2 Å². The number of fused-ring (bicyclic) bond motifs is 1. The first kappa shape index (κ1) is 21.5. The van der Waals surface area contributed by atoms with Crippen molar-refractivity contribution >= 4 is 33.4 Å². The summed E-state index contributed by atoms with van der Waals surface area (Å²) >= 11 is 1.54. The molecule has 3 rings (SSSR count). The van der Waals surface area contributed by atoms with Crippen LogP contribution in [0.5, 0.6) is 11.5 Å². The van der Waals surface area contributed by atoms with Crippen molar-refractivity contribution in [1.82, 2.24) is 4.72 Å². The molecule has 2 aromatic carbocycles. The van der Waals surface area contributed by atoms with Crippen LogP contribution in [0, 0.1) is 5.92 Å². The number of hydrogen-bond donors (Lipinski definition) is 2. The van der Waals surface area contributed by atoms with Crippen LogP contribution in [0.1, 0.15) is 12.5 Å². The van der Waals surface area contributed by atoms with Crippen LogP contribution in [0.3, 0.4) is 0 Å². The van der Waals surface area contributed by atoms with Gasteiger partial charge in [-0.15, -0.1) is 11.8 Å². The van der Waals surface area contributed by atoms with Gasteiger partial charge in [0, 0.05) is 23.1 Å². The minimum absolute atomic E-state index is 0.104. The lowest BCUT2D eigenvalue weighted by atomic mass is 10.1. The summed E-state index contributed by atoms with van der Waals surface area (Å²) in [4.78, 5) is 13.0. The predicted molar refractivity (Wildman–Crippen MR) is 113 cm³/mol. The van der Waals surface area contributed by atoms with Gasteiger partial charge in [-0.2, -0.15) is 0 Å². The van der Waals surface area contributed by atoms with Crippen molar-refractivity contribution in [3.8, 4) is 11.5 Å². The third-order valence-electron chi connectivity index (χ3n) is 4.61. The standard InChI is InChI=1S/C20H24N2O5S2/c1-13-12-28-19-7-5-15(11-16(19)22-20(13)23)29(24,25)21-9-8-14-4-6-17(26-2)18(10-14)27-3/h4-7,10-11,13,21H,8-9,12H2,1-3H3,(H,22,23)/t13-/m0/s1.